The molecule has 2 rings (SSSR count). The number of rotatable bonds is 2. The van der Waals surface area contributed by atoms with Crippen molar-refractivity contribution in [1.29, 1.82) is 0 Å². The lowest BCUT2D eigenvalue weighted by Gasteiger charge is -2.22. The van der Waals surface area contributed by atoms with Crippen molar-refractivity contribution >= 4 is 11.7 Å². The Hall–Kier alpha value is -1.62. The lowest BCUT2D eigenvalue weighted by atomic mass is 10.1. The number of hydrogen-bond acceptors (Lipinski definition) is 4. The summed E-state index contributed by atoms with van der Waals surface area (Å²) in [5, 5.41) is 0. The number of nitrogens with two attached hydrogens (primary N) is 1. The molecular formula is C13H19N3O2. The van der Waals surface area contributed by atoms with Gasteiger partial charge in [-0.25, -0.2) is 4.98 Å². The van der Waals surface area contributed by atoms with Crippen molar-refractivity contribution in [3.63, 3.8) is 0 Å². The van der Waals surface area contributed by atoms with Crippen molar-refractivity contribution in [2.24, 2.45) is 5.73 Å². The number of carbonyl (C=O) groups excluding carboxylic acids is 1. The van der Waals surface area contributed by atoms with Gasteiger partial charge in [0.05, 0.1) is 17.9 Å². The van der Waals surface area contributed by atoms with E-state index in [9.17, 15) is 4.79 Å². The second kappa shape index (κ2) is 5.35. The molecule has 98 valence electrons. The van der Waals surface area contributed by atoms with Crippen LogP contribution in [0.5, 0.6) is 0 Å². The SMILES string of the molecule is Cc1cc(N2CCCOCC2)nc(C)c1C(N)=O. The zero-order valence-corrected chi connectivity index (χ0v) is 10.9. The number of nitrogens with zero attached hydrogens (tertiary/aromatic N) is 2. The van der Waals surface area contributed by atoms with Gasteiger partial charge in [0.25, 0.3) is 5.91 Å². The Labute approximate surface area is 107 Å². The van der Waals surface area contributed by atoms with Crippen LogP contribution in [0.2, 0.25) is 0 Å². The molecule has 1 aliphatic heterocycles. The van der Waals surface area contributed by atoms with Crippen LogP contribution in [0.4, 0.5) is 5.82 Å². The molecule has 1 saturated heterocycles. The first kappa shape index (κ1) is 12.8. The van der Waals surface area contributed by atoms with E-state index in [0.29, 0.717) is 11.3 Å². The normalized spacial score (nSPS) is 16.4. The molecule has 0 unspecified atom stereocenters. The highest BCUT2D eigenvalue weighted by Crippen LogP contribution is 2.20. The summed E-state index contributed by atoms with van der Waals surface area (Å²) in [5.74, 6) is 0.490. The molecule has 2 heterocycles. The van der Waals surface area contributed by atoms with E-state index in [4.69, 9.17) is 10.5 Å². The van der Waals surface area contributed by atoms with Gasteiger partial charge in [-0.05, 0) is 31.9 Å². The zero-order valence-electron chi connectivity index (χ0n) is 10.9. The van der Waals surface area contributed by atoms with Crippen LogP contribution < -0.4 is 10.6 Å². The average molecular weight is 249 g/mol. The van der Waals surface area contributed by atoms with Crippen LogP contribution in [0, 0.1) is 13.8 Å². The van der Waals surface area contributed by atoms with Gasteiger partial charge in [0.2, 0.25) is 0 Å². The summed E-state index contributed by atoms with van der Waals surface area (Å²) >= 11 is 0. The van der Waals surface area contributed by atoms with Gasteiger partial charge in [0.1, 0.15) is 5.82 Å². The first-order valence-corrected chi connectivity index (χ1v) is 6.20. The summed E-state index contributed by atoms with van der Waals surface area (Å²) in [6.45, 7) is 7.01. The molecule has 0 aromatic carbocycles. The molecule has 1 aromatic rings. The lowest BCUT2D eigenvalue weighted by Crippen LogP contribution is -2.28. The van der Waals surface area contributed by atoms with Crippen molar-refractivity contribution in [1.82, 2.24) is 4.98 Å². The predicted octanol–water partition coefficient (Wildman–Crippen LogP) is 1.02. The van der Waals surface area contributed by atoms with Crippen molar-refractivity contribution < 1.29 is 9.53 Å². The second-order valence-corrected chi connectivity index (χ2v) is 4.57. The third-order valence-corrected chi connectivity index (χ3v) is 3.18. The van der Waals surface area contributed by atoms with E-state index in [-0.39, 0.29) is 0 Å². The Morgan fingerprint density at radius 1 is 1.39 bits per heavy atom. The van der Waals surface area contributed by atoms with Crippen LogP contribution in [-0.2, 0) is 4.74 Å². The van der Waals surface area contributed by atoms with E-state index >= 15 is 0 Å². The van der Waals surface area contributed by atoms with Crippen molar-refractivity contribution in [3.05, 3.63) is 22.9 Å². The van der Waals surface area contributed by atoms with Crippen LogP contribution in [0.15, 0.2) is 6.07 Å². The molecule has 1 aliphatic rings. The fourth-order valence-corrected chi connectivity index (χ4v) is 2.32. The molecule has 5 heteroatoms. The predicted molar refractivity (Wildman–Crippen MR) is 69.9 cm³/mol. The molecule has 0 atom stereocenters. The van der Waals surface area contributed by atoms with E-state index in [1.165, 1.54) is 0 Å². The second-order valence-electron chi connectivity index (χ2n) is 4.57. The minimum Gasteiger partial charge on any atom is -0.380 e. The van der Waals surface area contributed by atoms with Gasteiger partial charge in [-0.3, -0.25) is 4.79 Å². The summed E-state index contributed by atoms with van der Waals surface area (Å²) in [5.41, 5.74) is 7.47. The maximum absolute atomic E-state index is 11.3. The van der Waals surface area contributed by atoms with Gasteiger partial charge in [0.15, 0.2) is 0 Å². The summed E-state index contributed by atoms with van der Waals surface area (Å²) in [6.07, 6.45) is 0.997. The Balaban J connectivity index is 2.31. The van der Waals surface area contributed by atoms with E-state index in [0.717, 1.165) is 44.1 Å². The number of aryl methyl sites for hydroxylation is 2. The standard InChI is InChI=1S/C13H19N3O2/c1-9-8-11(15-10(2)12(9)13(14)17)16-4-3-6-18-7-5-16/h8H,3-7H2,1-2H3,(H2,14,17). The highest BCUT2D eigenvalue weighted by atomic mass is 16.5. The van der Waals surface area contributed by atoms with E-state index < -0.39 is 5.91 Å². The first-order chi connectivity index (χ1) is 8.59. The van der Waals surface area contributed by atoms with E-state index in [1.54, 1.807) is 0 Å². The smallest absolute Gasteiger partial charge is 0.250 e. The van der Waals surface area contributed by atoms with Crippen LogP contribution >= 0.6 is 0 Å². The van der Waals surface area contributed by atoms with Crippen LogP contribution in [0.25, 0.3) is 0 Å². The molecule has 1 aromatic heterocycles. The number of anilines is 1. The first-order valence-electron chi connectivity index (χ1n) is 6.20. The summed E-state index contributed by atoms with van der Waals surface area (Å²) in [7, 11) is 0. The van der Waals surface area contributed by atoms with E-state index in [2.05, 4.69) is 9.88 Å². The fourth-order valence-electron chi connectivity index (χ4n) is 2.32. The van der Waals surface area contributed by atoms with Crippen LogP contribution in [-0.4, -0.2) is 37.2 Å². The molecule has 2 N–H and O–H groups in total. The van der Waals surface area contributed by atoms with E-state index in [1.807, 2.05) is 19.9 Å². The third kappa shape index (κ3) is 2.61. The summed E-state index contributed by atoms with van der Waals surface area (Å²) in [6, 6.07) is 1.93. The molecule has 0 bridgehead atoms. The Morgan fingerprint density at radius 2 is 2.17 bits per heavy atom. The molecule has 0 spiro atoms. The molecule has 0 saturated carbocycles. The lowest BCUT2D eigenvalue weighted by molar-refractivity contribution is 0.0998. The Bertz CT molecular complexity index is 429. The maximum Gasteiger partial charge on any atom is 0.250 e. The zero-order chi connectivity index (χ0) is 13.1. The number of amides is 1. The van der Waals surface area contributed by atoms with Gasteiger partial charge in [-0.15, -0.1) is 0 Å². The highest BCUT2D eigenvalue weighted by molar-refractivity contribution is 5.95. The van der Waals surface area contributed by atoms with Gasteiger partial charge in [-0.2, -0.15) is 0 Å². The molecule has 0 radical (unpaired) electrons. The summed E-state index contributed by atoms with van der Waals surface area (Å²) < 4.78 is 5.43. The Morgan fingerprint density at radius 3 is 2.83 bits per heavy atom. The summed E-state index contributed by atoms with van der Waals surface area (Å²) in [4.78, 5) is 18.0. The topological polar surface area (TPSA) is 68.4 Å². The monoisotopic (exact) mass is 249 g/mol. The number of primary amides is 1. The van der Waals surface area contributed by atoms with Crippen molar-refractivity contribution in [3.8, 4) is 0 Å². The van der Waals surface area contributed by atoms with Crippen LogP contribution in [0.3, 0.4) is 0 Å². The number of pyridine rings is 1. The number of aromatic nitrogens is 1. The minimum absolute atomic E-state index is 0.414. The molecule has 1 amide bonds. The third-order valence-electron chi connectivity index (χ3n) is 3.18. The maximum atomic E-state index is 11.3. The molecule has 5 nitrogen and oxygen atoms in total. The van der Waals surface area contributed by atoms with Crippen molar-refractivity contribution in [2.45, 2.75) is 20.3 Å². The van der Waals surface area contributed by atoms with Gasteiger partial charge in [0, 0.05) is 19.7 Å². The van der Waals surface area contributed by atoms with Gasteiger partial charge < -0.3 is 15.4 Å². The quantitative estimate of drug-likeness (QED) is 0.849. The number of ether oxygens (including phenoxy) is 1. The molecule has 0 aliphatic carbocycles. The van der Waals surface area contributed by atoms with Crippen molar-refractivity contribution in [2.75, 3.05) is 31.2 Å². The molecule has 18 heavy (non-hydrogen) atoms. The number of carbonyl (C=O) groups is 1. The number of hydrogen-bond donors (Lipinski definition) is 1. The highest BCUT2D eigenvalue weighted by Gasteiger charge is 2.16. The minimum atomic E-state index is -0.414. The largest absolute Gasteiger partial charge is 0.380 e. The molecular weight excluding hydrogens is 230 g/mol. The fraction of sp³-hybridized carbons (Fsp3) is 0.538. The molecule has 1 fully saturated rings. The van der Waals surface area contributed by atoms with Gasteiger partial charge >= 0.3 is 0 Å². The van der Waals surface area contributed by atoms with Crippen LogP contribution in [0.1, 0.15) is 28.0 Å². The average Bonchev–Trinajstić information content (AvgIpc) is 2.55. The Kier molecular flexibility index (Phi) is 3.81. The van der Waals surface area contributed by atoms with Gasteiger partial charge in [-0.1, -0.05) is 0 Å².